The van der Waals surface area contributed by atoms with Crippen molar-refractivity contribution in [3.05, 3.63) is 29.8 Å². The Bertz CT molecular complexity index is 279. The van der Waals surface area contributed by atoms with Crippen molar-refractivity contribution < 1.29 is 9.84 Å². The number of hydrogen-bond donors (Lipinski definition) is 2. The second-order valence-electron chi connectivity index (χ2n) is 3.33. The first kappa shape index (κ1) is 14.2. The lowest BCUT2D eigenvalue weighted by molar-refractivity contribution is 0.191. The van der Waals surface area contributed by atoms with Gasteiger partial charge in [0.25, 0.3) is 0 Å². The number of hydrogen-bond acceptors (Lipinski definition) is 3. The van der Waals surface area contributed by atoms with E-state index in [9.17, 15) is 0 Å². The minimum absolute atomic E-state index is 0. The van der Waals surface area contributed by atoms with Crippen LogP contribution in [-0.4, -0.2) is 24.9 Å². The minimum atomic E-state index is -0.305. The second-order valence-corrected chi connectivity index (χ2v) is 3.33. The molecule has 0 saturated heterocycles. The SMILES string of the molecule is COc1cccc(CNCC(C)O)c1.Cl. The fourth-order valence-electron chi connectivity index (χ4n) is 1.21. The van der Waals surface area contributed by atoms with E-state index in [1.807, 2.05) is 24.3 Å². The summed E-state index contributed by atoms with van der Waals surface area (Å²) in [7, 11) is 1.66. The third kappa shape index (κ3) is 5.62. The zero-order valence-corrected chi connectivity index (χ0v) is 9.88. The lowest BCUT2D eigenvalue weighted by atomic mass is 10.2. The van der Waals surface area contributed by atoms with Gasteiger partial charge in [-0.3, -0.25) is 0 Å². The van der Waals surface area contributed by atoms with Crippen LogP contribution in [0.15, 0.2) is 24.3 Å². The van der Waals surface area contributed by atoms with Crippen LogP contribution in [0.3, 0.4) is 0 Å². The van der Waals surface area contributed by atoms with Gasteiger partial charge in [-0.25, -0.2) is 0 Å². The summed E-state index contributed by atoms with van der Waals surface area (Å²) < 4.78 is 5.11. The summed E-state index contributed by atoms with van der Waals surface area (Å²) in [5.41, 5.74) is 1.16. The van der Waals surface area contributed by atoms with Crippen molar-refractivity contribution in [2.24, 2.45) is 0 Å². The van der Waals surface area contributed by atoms with E-state index in [0.717, 1.165) is 17.9 Å². The molecule has 0 aliphatic carbocycles. The Kier molecular flexibility index (Phi) is 7.13. The van der Waals surface area contributed by atoms with Gasteiger partial charge in [0.1, 0.15) is 5.75 Å². The molecule has 1 aromatic carbocycles. The molecular formula is C11H18ClNO2. The molecule has 0 heterocycles. The molecule has 1 rings (SSSR count). The van der Waals surface area contributed by atoms with E-state index >= 15 is 0 Å². The van der Waals surface area contributed by atoms with Gasteiger partial charge in [0.15, 0.2) is 0 Å². The number of aliphatic hydroxyl groups is 1. The van der Waals surface area contributed by atoms with Gasteiger partial charge in [-0.15, -0.1) is 12.4 Å². The third-order valence-corrected chi connectivity index (χ3v) is 1.90. The molecule has 0 aliphatic heterocycles. The predicted octanol–water partition coefficient (Wildman–Crippen LogP) is 1.59. The maximum atomic E-state index is 9.04. The molecule has 0 saturated carbocycles. The highest BCUT2D eigenvalue weighted by Gasteiger charge is 1.97. The molecule has 0 spiro atoms. The highest BCUT2D eigenvalue weighted by Crippen LogP contribution is 2.11. The maximum absolute atomic E-state index is 9.04. The summed E-state index contributed by atoms with van der Waals surface area (Å²) in [4.78, 5) is 0. The van der Waals surface area contributed by atoms with Crippen LogP contribution in [0, 0.1) is 0 Å². The van der Waals surface area contributed by atoms with Gasteiger partial charge in [-0.2, -0.15) is 0 Å². The number of rotatable bonds is 5. The van der Waals surface area contributed by atoms with Gasteiger partial charge in [-0.1, -0.05) is 12.1 Å². The number of nitrogens with one attached hydrogen (secondary N) is 1. The molecule has 15 heavy (non-hydrogen) atoms. The lowest BCUT2D eigenvalue weighted by Gasteiger charge is -2.07. The lowest BCUT2D eigenvalue weighted by Crippen LogP contribution is -2.23. The number of methoxy groups -OCH3 is 1. The molecule has 86 valence electrons. The first-order chi connectivity index (χ1) is 6.72. The second kappa shape index (κ2) is 7.51. The average Bonchev–Trinajstić information content (AvgIpc) is 2.18. The Morgan fingerprint density at radius 1 is 1.47 bits per heavy atom. The summed E-state index contributed by atoms with van der Waals surface area (Å²) in [6.45, 7) is 3.12. The highest BCUT2D eigenvalue weighted by molar-refractivity contribution is 5.85. The highest BCUT2D eigenvalue weighted by atomic mass is 35.5. The summed E-state index contributed by atoms with van der Waals surface area (Å²) in [6.07, 6.45) is -0.305. The van der Waals surface area contributed by atoms with Gasteiger partial charge < -0.3 is 15.2 Å². The molecule has 0 amide bonds. The van der Waals surface area contributed by atoms with Crippen molar-refractivity contribution in [2.75, 3.05) is 13.7 Å². The fourth-order valence-corrected chi connectivity index (χ4v) is 1.21. The summed E-state index contributed by atoms with van der Waals surface area (Å²) >= 11 is 0. The average molecular weight is 232 g/mol. The summed E-state index contributed by atoms with van der Waals surface area (Å²) in [5.74, 6) is 0.862. The Balaban J connectivity index is 0.00000196. The van der Waals surface area contributed by atoms with Gasteiger partial charge in [0.05, 0.1) is 13.2 Å². The Morgan fingerprint density at radius 2 is 2.20 bits per heavy atom. The van der Waals surface area contributed by atoms with Crippen LogP contribution >= 0.6 is 12.4 Å². The molecular weight excluding hydrogens is 214 g/mol. The molecule has 4 heteroatoms. The van der Waals surface area contributed by atoms with Crippen LogP contribution < -0.4 is 10.1 Å². The van der Waals surface area contributed by atoms with Crippen molar-refractivity contribution >= 4 is 12.4 Å². The van der Waals surface area contributed by atoms with Crippen molar-refractivity contribution in [1.29, 1.82) is 0 Å². The summed E-state index contributed by atoms with van der Waals surface area (Å²) in [5, 5.41) is 12.2. The van der Waals surface area contributed by atoms with E-state index < -0.39 is 0 Å². The molecule has 0 aromatic heterocycles. The zero-order valence-electron chi connectivity index (χ0n) is 9.06. The van der Waals surface area contributed by atoms with E-state index in [1.54, 1.807) is 14.0 Å². The minimum Gasteiger partial charge on any atom is -0.497 e. The molecule has 0 bridgehead atoms. The smallest absolute Gasteiger partial charge is 0.119 e. The Morgan fingerprint density at radius 3 is 2.80 bits per heavy atom. The molecule has 1 unspecified atom stereocenters. The van der Waals surface area contributed by atoms with E-state index in [4.69, 9.17) is 9.84 Å². The maximum Gasteiger partial charge on any atom is 0.119 e. The third-order valence-electron chi connectivity index (χ3n) is 1.90. The van der Waals surface area contributed by atoms with Gasteiger partial charge in [0.2, 0.25) is 0 Å². The number of ether oxygens (including phenoxy) is 1. The number of halogens is 1. The topological polar surface area (TPSA) is 41.5 Å². The normalized spacial score (nSPS) is 11.7. The molecule has 0 fully saturated rings. The quantitative estimate of drug-likeness (QED) is 0.809. The van der Waals surface area contributed by atoms with Gasteiger partial charge >= 0.3 is 0 Å². The monoisotopic (exact) mass is 231 g/mol. The molecule has 1 atom stereocenters. The molecule has 0 aliphatic rings. The van der Waals surface area contributed by atoms with Crippen molar-refractivity contribution in [1.82, 2.24) is 5.32 Å². The van der Waals surface area contributed by atoms with Crippen LogP contribution in [0.5, 0.6) is 5.75 Å². The van der Waals surface area contributed by atoms with Crippen LogP contribution in [0.4, 0.5) is 0 Å². The van der Waals surface area contributed by atoms with Crippen molar-refractivity contribution in [3.63, 3.8) is 0 Å². The Hall–Kier alpha value is -0.770. The first-order valence-corrected chi connectivity index (χ1v) is 4.74. The molecule has 3 nitrogen and oxygen atoms in total. The van der Waals surface area contributed by atoms with Crippen LogP contribution in [0.1, 0.15) is 12.5 Å². The molecule has 1 aromatic rings. The van der Waals surface area contributed by atoms with Crippen LogP contribution in [0.2, 0.25) is 0 Å². The first-order valence-electron chi connectivity index (χ1n) is 4.74. The van der Waals surface area contributed by atoms with Crippen LogP contribution in [-0.2, 0) is 6.54 Å². The zero-order chi connectivity index (χ0) is 10.4. The Labute approximate surface area is 96.9 Å². The fraction of sp³-hybridized carbons (Fsp3) is 0.455. The number of benzene rings is 1. The standard InChI is InChI=1S/C11H17NO2.ClH/c1-9(13)7-12-8-10-4-3-5-11(6-10)14-2;/h3-6,9,12-13H,7-8H2,1-2H3;1H. The van der Waals surface area contributed by atoms with E-state index in [0.29, 0.717) is 6.54 Å². The van der Waals surface area contributed by atoms with Crippen LogP contribution in [0.25, 0.3) is 0 Å². The van der Waals surface area contributed by atoms with E-state index in [-0.39, 0.29) is 18.5 Å². The van der Waals surface area contributed by atoms with E-state index in [2.05, 4.69) is 5.32 Å². The molecule has 2 N–H and O–H groups in total. The molecule has 0 radical (unpaired) electrons. The largest absolute Gasteiger partial charge is 0.497 e. The predicted molar refractivity (Wildman–Crippen MR) is 63.6 cm³/mol. The van der Waals surface area contributed by atoms with E-state index in [1.165, 1.54) is 0 Å². The van der Waals surface area contributed by atoms with Gasteiger partial charge in [-0.05, 0) is 24.6 Å². The van der Waals surface area contributed by atoms with Crippen molar-refractivity contribution in [2.45, 2.75) is 19.6 Å². The van der Waals surface area contributed by atoms with Crippen molar-refractivity contribution in [3.8, 4) is 5.75 Å². The number of aliphatic hydroxyl groups excluding tert-OH is 1. The van der Waals surface area contributed by atoms with Gasteiger partial charge in [0, 0.05) is 13.1 Å². The summed E-state index contributed by atoms with van der Waals surface area (Å²) in [6, 6.07) is 7.88.